The lowest BCUT2D eigenvalue weighted by Crippen LogP contribution is -2.52. The summed E-state index contributed by atoms with van der Waals surface area (Å²) in [4.78, 5) is 15.9. The van der Waals surface area contributed by atoms with Crippen molar-refractivity contribution in [2.24, 2.45) is 0 Å². The molecule has 4 rings (SSSR count). The van der Waals surface area contributed by atoms with Crippen LogP contribution in [-0.4, -0.2) is 89.9 Å². The van der Waals surface area contributed by atoms with E-state index in [4.69, 9.17) is 0 Å². The predicted octanol–water partition coefficient (Wildman–Crippen LogP) is -0.150. The van der Waals surface area contributed by atoms with Gasteiger partial charge < -0.3 is 4.90 Å². The number of rotatable bonds is 4. The summed E-state index contributed by atoms with van der Waals surface area (Å²) in [6.07, 6.45) is 0.131. The molecule has 12 heteroatoms. The van der Waals surface area contributed by atoms with Crippen LogP contribution < -0.4 is 0 Å². The average Bonchev–Trinajstić information content (AvgIpc) is 3.30. The second kappa shape index (κ2) is 7.75. The molecule has 0 aliphatic carbocycles. The van der Waals surface area contributed by atoms with Crippen molar-refractivity contribution < 1.29 is 21.6 Å². The van der Waals surface area contributed by atoms with Crippen molar-refractivity contribution in [2.75, 3.05) is 37.7 Å². The van der Waals surface area contributed by atoms with Gasteiger partial charge in [0.1, 0.15) is 0 Å². The molecule has 1 unspecified atom stereocenters. The summed E-state index contributed by atoms with van der Waals surface area (Å²) in [5, 5.41) is 7.74. The third-order valence-electron chi connectivity index (χ3n) is 5.47. The van der Waals surface area contributed by atoms with Gasteiger partial charge in [-0.05, 0) is 25.5 Å². The fraction of sp³-hybridized carbons (Fsp3) is 0.500. The molecule has 1 atom stereocenters. The van der Waals surface area contributed by atoms with Crippen molar-refractivity contribution in [3.05, 3.63) is 41.7 Å². The number of aromatic nitrogens is 3. The quantitative estimate of drug-likeness (QED) is 0.631. The van der Waals surface area contributed by atoms with Crippen LogP contribution >= 0.6 is 0 Å². The Balaban J connectivity index is 1.43. The van der Waals surface area contributed by atoms with Gasteiger partial charge in [-0.15, -0.1) is 5.10 Å². The van der Waals surface area contributed by atoms with Crippen LogP contribution in [0.5, 0.6) is 0 Å². The monoisotopic (exact) mass is 453 g/mol. The van der Waals surface area contributed by atoms with Gasteiger partial charge in [-0.25, -0.2) is 16.8 Å². The van der Waals surface area contributed by atoms with Crippen molar-refractivity contribution in [3.63, 3.8) is 0 Å². The highest BCUT2D eigenvalue weighted by atomic mass is 32.2. The van der Waals surface area contributed by atoms with E-state index in [1.165, 1.54) is 9.10 Å². The molecule has 3 heterocycles. The predicted molar refractivity (Wildman–Crippen MR) is 110 cm³/mol. The first-order chi connectivity index (χ1) is 14.2. The summed E-state index contributed by atoms with van der Waals surface area (Å²) in [5.41, 5.74) is 1.47. The Morgan fingerprint density at radius 1 is 1.07 bits per heavy atom. The van der Waals surface area contributed by atoms with Crippen molar-refractivity contribution in [1.82, 2.24) is 24.2 Å². The van der Waals surface area contributed by atoms with Gasteiger partial charge >= 0.3 is 0 Å². The number of para-hydroxylation sites is 1. The number of carbonyl (C=O) groups excluding carboxylic acids is 1. The molecule has 30 heavy (non-hydrogen) atoms. The summed E-state index contributed by atoms with van der Waals surface area (Å²) in [6.45, 7) is 2.41. The first kappa shape index (κ1) is 20.9. The number of sulfonamides is 1. The topological polar surface area (TPSA) is 123 Å². The number of hydrogen-bond acceptors (Lipinski definition) is 7. The van der Waals surface area contributed by atoms with E-state index in [1.807, 2.05) is 30.3 Å². The van der Waals surface area contributed by atoms with E-state index in [1.54, 1.807) is 11.8 Å². The number of benzene rings is 1. The van der Waals surface area contributed by atoms with Gasteiger partial charge in [0.25, 0.3) is 5.91 Å². The molecule has 2 aliphatic rings. The summed E-state index contributed by atoms with van der Waals surface area (Å²) in [5.74, 6) is -0.711. The number of sulfone groups is 1. The van der Waals surface area contributed by atoms with Gasteiger partial charge in [0, 0.05) is 26.2 Å². The van der Waals surface area contributed by atoms with E-state index < -0.39 is 25.1 Å². The Hall–Kier alpha value is -2.31. The molecule has 0 bridgehead atoms. The standard InChI is InChI=1S/C18H23N5O5S2/c1-14-17(20-23(19-14)15-5-3-2-4-6-15)18(24)21-8-10-22(11-9-21)30(27,28)16-7-12-29(25,26)13-16/h2-6,16H,7-13H2,1H3. The van der Waals surface area contributed by atoms with Crippen molar-refractivity contribution >= 4 is 25.8 Å². The summed E-state index contributed by atoms with van der Waals surface area (Å²) in [6, 6.07) is 9.25. The zero-order valence-corrected chi connectivity index (χ0v) is 18.1. The van der Waals surface area contributed by atoms with Crippen molar-refractivity contribution in [1.29, 1.82) is 0 Å². The second-order valence-corrected chi connectivity index (χ2v) is 12.0. The van der Waals surface area contributed by atoms with Crippen LogP contribution in [0.1, 0.15) is 22.6 Å². The Morgan fingerprint density at radius 3 is 2.33 bits per heavy atom. The summed E-state index contributed by atoms with van der Waals surface area (Å²) >= 11 is 0. The number of amides is 1. The molecule has 2 aromatic rings. The maximum absolute atomic E-state index is 12.9. The van der Waals surface area contributed by atoms with Crippen LogP contribution in [0.25, 0.3) is 5.69 Å². The van der Waals surface area contributed by atoms with E-state index in [0.717, 1.165) is 5.69 Å². The van der Waals surface area contributed by atoms with Gasteiger partial charge in [0.05, 0.1) is 28.1 Å². The third-order valence-corrected chi connectivity index (χ3v) is 9.78. The van der Waals surface area contributed by atoms with Crippen molar-refractivity contribution in [3.8, 4) is 5.69 Å². The van der Waals surface area contributed by atoms with Gasteiger partial charge in [-0.1, -0.05) is 18.2 Å². The molecule has 1 aromatic carbocycles. The number of aryl methyl sites for hydroxylation is 1. The van der Waals surface area contributed by atoms with Crippen molar-refractivity contribution in [2.45, 2.75) is 18.6 Å². The molecule has 2 saturated heterocycles. The lowest BCUT2D eigenvalue weighted by Gasteiger charge is -2.34. The normalized spacial score (nSPS) is 22.3. The summed E-state index contributed by atoms with van der Waals surface area (Å²) < 4.78 is 50.1. The maximum Gasteiger partial charge on any atom is 0.276 e. The van der Waals surface area contributed by atoms with Crippen LogP contribution in [-0.2, 0) is 19.9 Å². The Bertz CT molecular complexity index is 1150. The summed E-state index contributed by atoms with van der Waals surface area (Å²) in [7, 11) is -6.99. The Labute approximate surface area is 175 Å². The van der Waals surface area contributed by atoms with Gasteiger partial charge in [0.15, 0.2) is 15.5 Å². The van der Waals surface area contributed by atoms with Gasteiger partial charge in [-0.2, -0.15) is 14.2 Å². The smallest absolute Gasteiger partial charge is 0.276 e. The first-order valence-electron chi connectivity index (χ1n) is 9.65. The molecule has 2 fully saturated rings. The van der Waals surface area contributed by atoms with E-state index in [-0.39, 0.29) is 55.7 Å². The number of carbonyl (C=O) groups is 1. The minimum atomic E-state index is -3.70. The molecule has 10 nitrogen and oxygen atoms in total. The molecule has 1 aromatic heterocycles. The lowest BCUT2D eigenvalue weighted by molar-refractivity contribution is 0.0690. The molecule has 0 saturated carbocycles. The van der Waals surface area contributed by atoms with E-state index >= 15 is 0 Å². The van der Waals surface area contributed by atoms with Gasteiger partial charge in [0.2, 0.25) is 10.0 Å². The highest BCUT2D eigenvalue weighted by Gasteiger charge is 2.41. The fourth-order valence-electron chi connectivity index (χ4n) is 3.76. The highest BCUT2D eigenvalue weighted by Crippen LogP contribution is 2.23. The Morgan fingerprint density at radius 2 is 1.73 bits per heavy atom. The van der Waals surface area contributed by atoms with Crippen LogP contribution in [0.2, 0.25) is 0 Å². The van der Waals surface area contributed by atoms with Crippen LogP contribution in [0.15, 0.2) is 30.3 Å². The molecule has 162 valence electrons. The Kier molecular flexibility index (Phi) is 5.41. The zero-order chi connectivity index (χ0) is 21.5. The number of nitrogens with zero attached hydrogens (tertiary/aromatic N) is 5. The molecule has 1 amide bonds. The third kappa shape index (κ3) is 3.98. The molecule has 2 aliphatic heterocycles. The zero-order valence-electron chi connectivity index (χ0n) is 16.5. The SMILES string of the molecule is Cc1nn(-c2ccccc2)nc1C(=O)N1CCN(S(=O)(=O)C2CCS(=O)(=O)C2)CC1. The fourth-order valence-corrected chi connectivity index (χ4v) is 8.27. The highest BCUT2D eigenvalue weighted by molar-refractivity contribution is 7.95. The first-order valence-corrected chi connectivity index (χ1v) is 13.0. The minimum Gasteiger partial charge on any atom is -0.335 e. The largest absolute Gasteiger partial charge is 0.335 e. The maximum atomic E-state index is 12.9. The lowest BCUT2D eigenvalue weighted by atomic mass is 10.2. The minimum absolute atomic E-state index is 0.0916. The van der Waals surface area contributed by atoms with Crippen LogP contribution in [0.4, 0.5) is 0 Å². The van der Waals surface area contributed by atoms with Crippen LogP contribution in [0.3, 0.4) is 0 Å². The second-order valence-electron chi connectivity index (χ2n) is 7.52. The van der Waals surface area contributed by atoms with Gasteiger partial charge in [-0.3, -0.25) is 4.79 Å². The average molecular weight is 454 g/mol. The molecule has 0 N–H and O–H groups in total. The molecular formula is C18H23N5O5S2. The number of hydrogen-bond donors (Lipinski definition) is 0. The number of piperazine rings is 1. The van der Waals surface area contributed by atoms with Crippen LogP contribution in [0, 0.1) is 6.92 Å². The molecule has 0 radical (unpaired) electrons. The van der Waals surface area contributed by atoms with E-state index in [0.29, 0.717) is 5.69 Å². The van der Waals surface area contributed by atoms with E-state index in [2.05, 4.69) is 10.2 Å². The molecule has 0 spiro atoms. The van der Waals surface area contributed by atoms with E-state index in [9.17, 15) is 21.6 Å². The molecular weight excluding hydrogens is 430 g/mol.